The number of nitrogens with one attached hydrogen (secondary N) is 1. The second kappa shape index (κ2) is 6.51. The minimum Gasteiger partial charge on any atom is -0.359 e. The number of rotatable bonds is 5. The standard InChI is InChI=1S/C12H15F3N2O2/c1-8-3-4-10(5-16-8)6-17-11(18)9(2)19-7-12(13,14)15/h3-5,9H,6-7H2,1-2H3,(H,17,18)/t9-/m1/s1. The SMILES string of the molecule is Cc1ccc(CNC(=O)[C@@H](C)OCC(F)(F)F)cn1. The van der Waals surface area contributed by atoms with E-state index in [0.717, 1.165) is 11.3 Å². The van der Waals surface area contributed by atoms with Gasteiger partial charge in [0.1, 0.15) is 12.7 Å². The molecule has 0 saturated heterocycles. The first kappa shape index (κ1) is 15.4. The first-order valence-corrected chi connectivity index (χ1v) is 5.65. The van der Waals surface area contributed by atoms with Crippen molar-refractivity contribution >= 4 is 5.91 Å². The normalized spacial score (nSPS) is 13.1. The second-order valence-corrected chi connectivity index (χ2v) is 4.09. The van der Waals surface area contributed by atoms with E-state index in [9.17, 15) is 18.0 Å². The van der Waals surface area contributed by atoms with Gasteiger partial charge in [0.2, 0.25) is 5.91 Å². The zero-order chi connectivity index (χ0) is 14.5. The lowest BCUT2D eigenvalue weighted by Crippen LogP contribution is -2.36. The molecule has 1 aromatic heterocycles. The summed E-state index contributed by atoms with van der Waals surface area (Å²) in [6.45, 7) is 1.86. The Balaban J connectivity index is 2.36. The van der Waals surface area contributed by atoms with E-state index in [4.69, 9.17) is 0 Å². The molecule has 0 aliphatic carbocycles. The fourth-order valence-electron chi connectivity index (χ4n) is 1.23. The average Bonchev–Trinajstić information content (AvgIpc) is 2.34. The minimum atomic E-state index is -4.44. The third-order valence-electron chi connectivity index (χ3n) is 2.31. The van der Waals surface area contributed by atoms with Gasteiger partial charge in [-0.1, -0.05) is 6.07 Å². The van der Waals surface area contributed by atoms with Crippen molar-refractivity contribution in [3.8, 4) is 0 Å². The monoisotopic (exact) mass is 276 g/mol. The van der Waals surface area contributed by atoms with Gasteiger partial charge < -0.3 is 10.1 Å². The number of alkyl halides is 3. The molecule has 1 rings (SSSR count). The Morgan fingerprint density at radius 1 is 1.47 bits per heavy atom. The van der Waals surface area contributed by atoms with Gasteiger partial charge in [-0.3, -0.25) is 9.78 Å². The van der Waals surface area contributed by atoms with Crippen LogP contribution in [-0.4, -0.2) is 29.8 Å². The van der Waals surface area contributed by atoms with Crippen LogP contribution in [0.5, 0.6) is 0 Å². The van der Waals surface area contributed by atoms with E-state index in [2.05, 4.69) is 15.0 Å². The Kier molecular flexibility index (Phi) is 5.29. The van der Waals surface area contributed by atoms with Gasteiger partial charge in [-0.05, 0) is 25.5 Å². The molecule has 106 valence electrons. The maximum absolute atomic E-state index is 11.9. The summed E-state index contributed by atoms with van der Waals surface area (Å²) < 4.78 is 40.1. The molecular formula is C12H15F3N2O2. The number of carbonyl (C=O) groups is 1. The van der Waals surface area contributed by atoms with E-state index in [1.54, 1.807) is 18.3 Å². The van der Waals surface area contributed by atoms with Crippen molar-refractivity contribution in [2.24, 2.45) is 0 Å². The van der Waals surface area contributed by atoms with E-state index < -0.39 is 24.8 Å². The van der Waals surface area contributed by atoms with Gasteiger partial charge in [0.25, 0.3) is 0 Å². The van der Waals surface area contributed by atoms with E-state index in [0.29, 0.717) is 0 Å². The van der Waals surface area contributed by atoms with Crippen molar-refractivity contribution < 1.29 is 22.7 Å². The molecule has 0 radical (unpaired) electrons. The third kappa shape index (κ3) is 6.19. The van der Waals surface area contributed by atoms with Crippen LogP contribution in [0.15, 0.2) is 18.3 Å². The highest BCUT2D eigenvalue weighted by Gasteiger charge is 2.29. The molecule has 0 spiro atoms. The van der Waals surface area contributed by atoms with E-state index in [1.807, 2.05) is 6.92 Å². The number of nitrogens with zero attached hydrogens (tertiary/aromatic N) is 1. The van der Waals surface area contributed by atoms with Crippen LogP contribution in [0.25, 0.3) is 0 Å². The number of hydrogen-bond donors (Lipinski definition) is 1. The Labute approximate surface area is 109 Å². The van der Waals surface area contributed by atoms with Gasteiger partial charge >= 0.3 is 6.18 Å². The van der Waals surface area contributed by atoms with Crippen molar-refractivity contribution in [3.05, 3.63) is 29.6 Å². The molecule has 1 heterocycles. The maximum Gasteiger partial charge on any atom is 0.411 e. The molecule has 1 amide bonds. The molecule has 0 aliphatic heterocycles. The molecule has 0 saturated carbocycles. The molecule has 0 fully saturated rings. The number of hydrogen-bond acceptors (Lipinski definition) is 3. The Morgan fingerprint density at radius 3 is 2.68 bits per heavy atom. The molecule has 19 heavy (non-hydrogen) atoms. The Morgan fingerprint density at radius 2 is 2.16 bits per heavy atom. The topological polar surface area (TPSA) is 51.2 Å². The van der Waals surface area contributed by atoms with Gasteiger partial charge in [-0.25, -0.2) is 0 Å². The molecule has 0 aliphatic rings. The summed E-state index contributed by atoms with van der Waals surface area (Å²) in [4.78, 5) is 15.5. The number of pyridine rings is 1. The minimum absolute atomic E-state index is 0.200. The average molecular weight is 276 g/mol. The molecule has 7 heteroatoms. The zero-order valence-corrected chi connectivity index (χ0v) is 10.6. The van der Waals surface area contributed by atoms with E-state index in [1.165, 1.54) is 6.92 Å². The number of halogens is 3. The van der Waals surface area contributed by atoms with Crippen LogP contribution in [0.3, 0.4) is 0 Å². The van der Waals surface area contributed by atoms with Crippen molar-refractivity contribution in [2.75, 3.05) is 6.61 Å². The largest absolute Gasteiger partial charge is 0.411 e. The van der Waals surface area contributed by atoms with Crippen molar-refractivity contribution in [2.45, 2.75) is 32.7 Å². The Hall–Kier alpha value is -1.63. The fraction of sp³-hybridized carbons (Fsp3) is 0.500. The van der Waals surface area contributed by atoms with Crippen molar-refractivity contribution in [3.63, 3.8) is 0 Å². The smallest absolute Gasteiger partial charge is 0.359 e. The molecule has 0 bridgehead atoms. The zero-order valence-electron chi connectivity index (χ0n) is 10.6. The number of aromatic nitrogens is 1. The van der Waals surface area contributed by atoms with Crippen LogP contribution < -0.4 is 5.32 Å². The first-order chi connectivity index (χ1) is 8.78. The number of aryl methyl sites for hydroxylation is 1. The Bertz CT molecular complexity index is 418. The van der Waals surface area contributed by atoms with Crippen LogP contribution >= 0.6 is 0 Å². The van der Waals surface area contributed by atoms with Gasteiger partial charge in [-0.15, -0.1) is 0 Å². The number of ether oxygens (including phenoxy) is 1. The highest BCUT2D eigenvalue weighted by Crippen LogP contribution is 2.15. The quantitative estimate of drug-likeness (QED) is 0.894. The predicted octanol–water partition coefficient (Wildman–Crippen LogP) is 1.97. The predicted molar refractivity (Wildman–Crippen MR) is 62.3 cm³/mol. The van der Waals surface area contributed by atoms with Crippen LogP contribution in [0.2, 0.25) is 0 Å². The summed E-state index contributed by atoms with van der Waals surface area (Å²) in [6, 6.07) is 3.56. The summed E-state index contributed by atoms with van der Waals surface area (Å²) in [6.07, 6.45) is -3.99. The van der Waals surface area contributed by atoms with E-state index in [-0.39, 0.29) is 6.54 Å². The van der Waals surface area contributed by atoms with Crippen LogP contribution in [-0.2, 0) is 16.1 Å². The summed E-state index contributed by atoms with van der Waals surface area (Å²) >= 11 is 0. The molecule has 0 unspecified atom stereocenters. The molecular weight excluding hydrogens is 261 g/mol. The summed E-state index contributed by atoms with van der Waals surface area (Å²) in [7, 11) is 0. The summed E-state index contributed by atoms with van der Waals surface area (Å²) in [5.74, 6) is -0.593. The lowest BCUT2D eigenvalue weighted by Gasteiger charge is -2.14. The molecule has 1 atom stereocenters. The van der Waals surface area contributed by atoms with Crippen LogP contribution in [0.1, 0.15) is 18.2 Å². The highest BCUT2D eigenvalue weighted by molar-refractivity contribution is 5.80. The van der Waals surface area contributed by atoms with Crippen molar-refractivity contribution in [1.82, 2.24) is 10.3 Å². The summed E-state index contributed by atoms with van der Waals surface area (Å²) in [5.41, 5.74) is 1.61. The maximum atomic E-state index is 11.9. The molecule has 0 aromatic carbocycles. The molecule has 1 aromatic rings. The van der Waals surface area contributed by atoms with Gasteiger partial charge in [0.05, 0.1) is 0 Å². The summed E-state index contributed by atoms with van der Waals surface area (Å²) in [5, 5.41) is 2.48. The first-order valence-electron chi connectivity index (χ1n) is 5.65. The lowest BCUT2D eigenvalue weighted by atomic mass is 10.2. The van der Waals surface area contributed by atoms with E-state index >= 15 is 0 Å². The highest BCUT2D eigenvalue weighted by atomic mass is 19.4. The molecule has 4 nitrogen and oxygen atoms in total. The van der Waals surface area contributed by atoms with Gasteiger partial charge in [-0.2, -0.15) is 13.2 Å². The fourth-order valence-corrected chi connectivity index (χ4v) is 1.23. The van der Waals surface area contributed by atoms with Crippen LogP contribution in [0, 0.1) is 6.92 Å². The number of carbonyl (C=O) groups excluding carboxylic acids is 1. The lowest BCUT2D eigenvalue weighted by molar-refractivity contribution is -0.185. The third-order valence-corrected chi connectivity index (χ3v) is 2.31. The van der Waals surface area contributed by atoms with Crippen LogP contribution in [0.4, 0.5) is 13.2 Å². The van der Waals surface area contributed by atoms with Gasteiger partial charge in [0.15, 0.2) is 0 Å². The second-order valence-electron chi connectivity index (χ2n) is 4.09. The molecule has 1 N–H and O–H groups in total. The number of amides is 1. The van der Waals surface area contributed by atoms with Gasteiger partial charge in [0, 0.05) is 18.4 Å². The van der Waals surface area contributed by atoms with Crippen molar-refractivity contribution in [1.29, 1.82) is 0 Å².